The molecular formula is C14H14F3N3O2S. The van der Waals surface area contributed by atoms with E-state index in [1.54, 1.807) is 11.5 Å². The van der Waals surface area contributed by atoms with Gasteiger partial charge in [0, 0.05) is 19.2 Å². The van der Waals surface area contributed by atoms with Crippen LogP contribution in [-0.2, 0) is 12.7 Å². The molecule has 0 fully saturated rings. The number of rotatable bonds is 4. The molecule has 2 rings (SSSR count). The number of pyridine rings is 1. The molecule has 0 aliphatic carbocycles. The third-order valence-electron chi connectivity index (χ3n) is 3.06. The molecule has 0 spiro atoms. The second-order valence-corrected chi connectivity index (χ2v) is 5.72. The highest BCUT2D eigenvalue weighted by atomic mass is 32.1. The Kier molecular flexibility index (Phi) is 5.00. The van der Waals surface area contributed by atoms with Gasteiger partial charge in [0.05, 0.1) is 23.4 Å². The van der Waals surface area contributed by atoms with Crippen molar-refractivity contribution in [2.24, 2.45) is 4.99 Å². The smallest absolute Gasteiger partial charge is 0.395 e. The quantitative estimate of drug-likeness (QED) is 0.867. The predicted molar refractivity (Wildman–Crippen MR) is 78.6 cm³/mol. The van der Waals surface area contributed by atoms with Crippen molar-refractivity contribution in [3.8, 4) is 0 Å². The molecule has 0 aromatic carbocycles. The number of carbonyl (C=O) groups is 1. The van der Waals surface area contributed by atoms with Crippen molar-refractivity contribution in [3.63, 3.8) is 0 Å². The van der Waals surface area contributed by atoms with E-state index in [9.17, 15) is 18.0 Å². The van der Waals surface area contributed by atoms with Gasteiger partial charge in [-0.3, -0.25) is 4.79 Å². The van der Waals surface area contributed by atoms with E-state index in [-0.39, 0.29) is 24.6 Å². The van der Waals surface area contributed by atoms with Gasteiger partial charge >= 0.3 is 6.18 Å². The van der Waals surface area contributed by atoms with Gasteiger partial charge in [0.25, 0.3) is 0 Å². The minimum absolute atomic E-state index is 0.133. The molecule has 0 radical (unpaired) electrons. The zero-order chi connectivity index (χ0) is 17.2. The summed E-state index contributed by atoms with van der Waals surface area (Å²) in [4.78, 5) is 20.1. The number of ketones is 1. The van der Waals surface area contributed by atoms with Crippen LogP contribution in [0.4, 0.5) is 18.9 Å². The lowest BCUT2D eigenvalue weighted by molar-refractivity contribution is -0.141. The van der Waals surface area contributed by atoms with E-state index in [0.29, 0.717) is 15.4 Å². The third-order valence-corrected chi connectivity index (χ3v) is 4.35. The van der Waals surface area contributed by atoms with Crippen molar-refractivity contribution >= 4 is 22.8 Å². The topological polar surface area (TPSA) is 67.5 Å². The first-order valence-electron chi connectivity index (χ1n) is 6.64. The van der Waals surface area contributed by atoms with Crippen molar-refractivity contribution in [2.45, 2.75) is 26.6 Å². The van der Waals surface area contributed by atoms with Gasteiger partial charge in [-0.05, 0) is 19.1 Å². The number of alkyl halides is 3. The van der Waals surface area contributed by atoms with Crippen LogP contribution in [0.3, 0.4) is 0 Å². The zero-order valence-electron chi connectivity index (χ0n) is 12.4. The van der Waals surface area contributed by atoms with Crippen LogP contribution in [0.15, 0.2) is 23.3 Å². The molecule has 2 heterocycles. The maximum absolute atomic E-state index is 12.5. The molecule has 0 atom stereocenters. The molecular weight excluding hydrogens is 331 g/mol. The van der Waals surface area contributed by atoms with Crippen LogP contribution in [0.25, 0.3) is 0 Å². The SMILES string of the molecule is CC(=O)c1sc(=Nc2ccc(C(F)(F)F)nc2)n(CCO)c1C. The first kappa shape index (κ1) is 17.4. The largest absolute Gasteiger partial charge is 0.433 e. The second-order valence-electron chi connectivity index (χ2n) is 4.74. The molecule has 0 unspecified atom stereocenters. The first-order chi connectivity index (χ1) is 10.7. The highest BCUT2D eigenvalue weighted by Crippen LogP contribution is 2.28. The number of hydrogen-bond acceptors (Lipinski definition) is 5. The fourth-order valence-electron chi connectivity index (χ4n) is 1.99. The van der Waals surface area contributed by atoms with Crippen LogP contribution in [-0.4, -0.2) is 27.0 Å². The van der Waals surface area contributed by atoms with E-state index in [0.717, 1.165) is 23.6 Å². The average molecular weight is 345 g/mol. The Morgan fingerprint density at radius 1 is 1.43 bits per heavy atom. The summed E-state index contributed by atoms with van der Waals surface area (Å²) in [6.07, 6.45) is -3.48. The van der Waals surface area contributed by atoms with Gasteiger partial charge in [-0.25, -0.2) is 9.98 Å². The highest BCUT2D eigenvalue weighted by Gasteiger charge is 2.32. The molecule has 1 N–H and O–H groups in total. The van der Waals surface area contributed by atoms with Crippen LogP contribution in [0.2, 0.25) is 0 Å². The van der Waals surface area contributed by atoms with Crippen molar-refractivity contribution in [1.82, 2.24) is 9.55 Å². The Labute approximate surface area is 133 Å². The van der Waals surface area contributed by atoms with E-state index >= 15 is 0 Å². The normalized spacial score (nSPS) is 12.7. The first-order valence-corrected chi connectivity index (χ1v) is 7.45. The van der Waals surface area contributed by atoms with Gasteiger partial charge in [0.15, 0.2) is 10.6 Å². The Morgan fingerprint density at radius 3 is 2.61 bits per heavy atom. The number of thiazole rings is 1. The Hall–Kier alpha value is -2.00. The minimum atomic E-state index is -4.50. The van der Waals surface area contributed by atoms with Crippen LogP contribution >= 0.6 is 11.3 Å². The zero-order valence-corrected chi connectivity index (χ0v) is 13.2. The van der Waals surface area contributed by atoms with E-state index in [1.165, 1.54) is 13.0 Å². The van der Waals surface area contributed by atoms with Crippen molar-refractivity contribution < 1.29 is 23.1 Å². The number of hydrogen-bond donors (Lipinski definition) is 1. The number of nitrogens with zero attached hydrogens (tertiary/aromatic N) is 3. The molecule has 2 aromatic heterocycles. The van der Waals surface area contributed by atoms with Crippen molar-refractivity contribution in [3.05, 3.63) is 39.4 Å². The molecule has 2 aromatic rings. The van der Waals surface area contributed by atoms with Gasteiger partial charge in [0.2, 0.25) is 0 Å². The molecule has 0 bridgehead atoms. The van der Waals surface area contributed by atoms with Crippen LogP contribution in [0.1, 0.15) is 28.0 Å². The summed E-state index contributed by atoms with van der Waals surface area (Å²) in [6.45, 7) is 3.24. The van der Waals surface area contributed by atoms with Crippen molar-refractivity contribution in [1.29, 1.82) is 0 Å². The summed E-state index contributed by atoms with van der Waals surface area (Å²) in [7, 11) is 0. The highest BCUT2D eigenvalue weighted by molar-refractivity contribution is 7.11. The molecule has 0 amide bonds. The Balaban J connectivity index is 2.50. The molecule has 5 nitrogen and oxygen atoms in total. The van der Waals surface area contributed by atoms with Crippen LogP contribution in [0, 0.1) is 6.92 Å². The van der Waals surface area contributed by atoms with E-state index in [2.05, 4.69) is 9.98 Å². The van der Waals surface area contributed by atoms with Crippen molar-refractivity contribution in [2.75, 3.05) is 6.61 Å². The predicted octanol–water partition coefficient (Wildman–Crippen LogP) is 2.70. The third kappa shape index (κ3) is 3.85. The van der Waals surface area contributed by atoms with Crippen LogP contribution in [0.5, 0.6) is 0 Å². The fourth-order valence-corrected chi connectivity index (χ4v) is 3.06. The molecule has 9 heteroatoms. The molecule has 0 aliphatic rings. The second kappa shape index (κ2) is 6.63. The molecule has 0 saturated carbocycles. The number of aliphatic hydroxyl groups excluding tert-OH is 1. The van der Waals surface area contributed by atoms with Gasteiger partial charge in [0.1, 0.15) is 5.69 Å². The molecule has 23 heavy (non-hydrogen) atoms. The molecule has 124 valence electrons. The van der Waals surface area contributed by atoms with Gasteiger partial charge in [-0.2, -0.15) is 13.2 Å². The van der Waals surface area contributed by atoms with E-state index in [4.69, 9.17) is 5.11 Å². The summed E-state index contributed by atoms with van der Waals surface area (Å²) in [5.41, 5.74) is -0.0947. The summed E-state index contributed by atoms with van der Waals surface area (Å²) in [5.74, 6) is -0.133. The number of halogens is 3. The summed E-state index contributed by atoms with van der Waals surface area (Å²) < 4.78 is 39.1. The summed E-state index contributed by atoms with van der Waals surface area (Å²) in [5, 5.41) is 9.13. The number of aliphatic hydroxyl groups is 1. The monoisotopic (exact) mass is 345 g/mol. The van der Waals surface area contributed by atoms with Gasteiger partial charge in [-0.15, -0.1) is 0 Å². The molecule has 0 aliphatic heterocycles. The summed E-state index contributed by atoms with van der Waals surface area (Å²) >= 11 is 1.12. The number of carbonyl (C=O) groups excluding carboxylic acids is 1. The van der Waals surface area contributed by atoms with Crippen LogP contribution < -0.4 is 4.80 Å². The maximum atomic E-state index is 12.5. The lowest BCUT2D eigenvalue weighted by atomic mass is 10.3. The Morgan fingerprint density at radius 2 is 2.13 bits per heavy atom. The maximum Gasteiger partial charge on any atom is 0.433 e. The van der Waals surface area contributed by atoms with E-state index < -0.39 is 11.9 Å². The molecule has 0 saturated heterocycles. The van der Waals surface area contributed by atoms with Gasteiger partial charge in [-0.1, -0.05) is 11.3 Å². The summed E-state index contributed by atoms with van der Waals surface area (Å²) in [6, 6.07) is 2.06. The Bertz CT molecular complexity index is 776. The lowest BCUT2D eigenvalue weighted by Gasteiger charge is -2.05. The van der Waals surface area contributed by atoms with Gasteiger partial charge < -0.3 is 9.67 Å². The number of Topliss-reactive ketones (excluding diaryl/α,β-unsaturated/α-hetero) is 1. The van der Waals surface area contributed by atoms with E-state index in [1.807, 2.05) is 0 Å². The standard InChI is InChI=1S/C14H14F3N3O2S/c1-8-12(9(2)22)23-13(20(8)5-6-21)19-10-3-4-11(18-7-10)14(15,16)17/h3-4,7,21H,5-6H2,1-2H3. The average Bonchev–Trinajstić information content (AvgIpc) is 2.77. The lowest BCUT2D eigenvalue weighted by Crippen LogP contribution is -2.18. The minimum Gasteiger partial charge on any atom is -0.395 e. The number of aromatic nitrogens is 2. The fraction of sp³-hybridized carbons (Fsp3) is 0.357.